The van der Waals surface area contributed by atoms with E-state index in [4.69, 9.17) is 14.2 Å². The lowest BCUT2D eigenvalue weighted by Crippen LogP contribution is -2.41. The van der Waals surface area contributed by atoms with Crippen LogP contribution in [0.4, 0.5) is 5.69 Å². The molecule has 1 aromatic carbocycles. The molecule has 146 valence electrons. The molecule has 0 aromatic heterocycles. The highest BCUT2D eigenvalue weighted by molar-refractivity contribution is 5.97. The summed E-state index contributed by atoms with van der Waals surface area (Å²) in [6.45, 7) is 9.24. The topological polar surface area (TPSA) is 60.0 Å². The average Bonchev–Trinajstić information content (AvgIpc) is 2.67. The van der Waals surface area contributed by atoms with Crippen LogP contribution >= 0.6 is 0 Å². The maximum absolute atomic E-state index is 12.4. The van der Waals surface area contributed by atoms with E-state index in [1.807, 2.05) is 38.1 Å². The highest BCUT2D eigenvalue weighted by atomic mass is 16.5. The van der Waals surface area contributed by atoms with Gasteiger partial charge in [0.15, 0.2) is 0 Å². The number of nitrogens with one attached hydrogen (secondary N) is 1. The van der Waals surface area contributed by atoms with E-state index in [2.05, 4.69) is 10.2 Å². The number of amides is 1. The van der Waals surface area contributed by atoms with Gasteiger partial charge in [-0.15, -0.1) is 0 Å². The van der Waals surface area contributed by atoms with E-state index in [0.717, 1.165) is 57.1 Å². The molecule has 2 rings (SSSR count). The molecule has 26 heavy (non-hydrogen) atoms. The van der Waals surface area contributed by atoms with Gasteiger partial charge in [-0.3, -0.25) is 9.69 Å². The number of methoxy groups -OCH3 is 1. The number of anilines is 1. The van der Waals surface area contributed by atoms with Crippen molar-refractivity contribution >= 4 is 11.6 Å². The molecule has 6 nitrogen and oxygen atoms in total. The molecule has 0 radical (unpaired) electrons. The van der Waals surface area contributed by atoms with Crippen molar-refractivity contribution in [2.24, 2.45) is 0 Å². The van der Waals surface area contributed by atoms with Crippen LogP contribution in [0.5, 0.6) is 5.75 Å². The van der Waals surface area contributed by atoms with Gasteiger partial charge in [0.1, 0.15) is 11.4 Å². The van der Waals surface area contributed by atoms with Crippen LogP contribution < -0.4 is 10.1 Å². The Hall–Kier alpha value is -1.63. The largest absolute Gasteiger partial charge is 0.494 e. The molecule has 1 atom stereocenters. The summed E-state index contributed by atoms with van der Waals surface area (Å²) in [6.07, 6.45) is 2.55. The Morgan fingerprint density at radius 2 is 1.96 bits per heavy atom. The third-order valence-electron chi connectivity index (χ3n) is 4.76. The highest BCUT2D eigenvalue weighted by Gasteiger charge is 2.32. The summed E-state index contributed by atoms with van der Waals surface area (Å²) in [6, 6.07) is 7.48. The zero-order valence-electron chi connectivity index (χ0n) is 16.3. The Kier molecular flexibility index (Phi) is 8.35. The lowest BCUT2D eigenvalue weighted by atomic mass is 9.99. The minimum atomic E-state index is -0.802. The van der Waals surface area contributed by atoms with Crippen LogP contribution in [0.1, 0.15) is 33.1 Å². The second-order valence-electron chi connectivity index (χ2n) is 6.82. The van der Waals surface area contributed by atoms with Crippen LogP contribution in [0.3, 0.4) is 0 Å². The Bertz CT molecular complexity index is 543. The van der Waals surface area contributed by atoms with Crippen LogP contribution in [0.15, 0.2) is 24.3 Å². The van der Waals surface area contributed by atoms with Gasteiger partial charge in [-0.05, 0) is 44.0 Å². The first-order valence-corrected chi connectivity index (χ1v) is 9.47. The molecule has 0 aliphatic carbocycles. The number of rotatable bonds is 10. The van der Waals surface area contributed by atoms with Gasteiger partial charge in [-0.25, -0.2) is 0 Å². The molecule has 0 spiro atoms. The maximum atomic E-state index is 12.4. The summed E-state index contributed by atoms with van der Waals surface area (Å²) in [7, 11) is 1.57. The van der Waals surface area contributed by atoms with Gasteiger partial charge >= 0.3 is 0 Å². The normalized spacial score (nSPS) is 17.5. The van der Waals surface area contributed by atoms with Crippen molar-refractivity contribution in [1.29, 1.82) is 0 Å². The molecule has 1 N–H and O–H groups in total. The SMILES string of the molecule is CCC[C@](C)(OC)C(=O)Nc1ccc(OCCCN2CCOCC2)cc1. The Balaban J connectivity index is 1.74. The number of carbonyl (C=O) groups excluding carboxylic acids is 1. The van der Waals surface area contributed by atoms with Gasteiger partial charge in [0.2, 0.25) is 0 Å². The smallest absolute Gasteiger partial charge is 0.256 e. The number of hydrogen-bond donors (Lipinski definition) is 1. The number of nitrogens with zero attached hydrogens (tertiary/aromatic N) is 1. The average molecular weight is 364 g/mol. The fourth-order valence-corrected chi connectivity index (χ4v) is 2.99. The monoisotopic (exact) mass is 364 g/mol. The number of hydrogen-bond acceptors (Lipinski definition) is 5. The molecule has 1 heterocycles. The second-order valence-corrected chi connectivity index (χ2v) is 6.82. The number of morpholine rings is 1. The fraction of sp³-hybridized carbons (Fsp3) is 0.650. The van der Waals surface area contributed by atoms with Gasteiger partial charge in [-0.1, -0.05) is 13.3 Å². The molecule has 1 aliphatic heterocycles. The zero-order chi connectivity index (χ0) is 18.8. The van der Waals surface area contributed by atoms with Gasteiger partial charge in [-0.2, -0.15) is 0 Å². The second kappa shape index (κ2) is 10.5. The Labute approximate surface area is 156 Å². The molecule has 1 amide bonds. The quantitative estimate of drug-likeness (QED) is 0.647. The number of ether oxygens (including phenoxy) is 3. The first-order chi connectivity index (χ1) is 12.6. The third kappa shape index (κ3) is 6.27. The summed E-state index contributed by atoms with van der Waals surface area (Å²) in [5, 5.41) is 2.92. The summed E-state index contributed by atoms with van der Waals surface area (Å²) < 4.78 is 16.5. The third-order valence-corrected chi connectivity index (χ3v) is 4.76. The highest BCUT2D eigenvalue weighted by Crippen LogP contribution is 2.21. The molecule has 0 unspecified atom stereocenters. The van der Waals surface area contributed by atoms with E-state index in [1.165, 1.54) is 0 Å². The van der Waals surface area contributed by atoms with Crippen LogP contribution in [0, 0.1) is 0 Å². The van der Waals surface area contributed by atoms with Crippen molar-refractivity contribution < 1.29 is 19.0 Å². The van der Waals surface area contributed by atoms with Crippen molar-refractivity contribution in [3.8, 4) is 5.75 Å². The van der Waals surface area contributed by atoms with E-state index in [-0.39, 0.29) is 5.91 Å². The summed E-state index contributed by atoms with van der Waals surface area (Å²) in [5.74, 6) is 0.689. The van der Waals surface area contributed by atoms with E-state index >= 15 is 0 Å². The van der Waals surface area contributed by atoms with Gasteiger partial charge in [0.05, 0.1) is 19.8 Å². The van der Waals surface area contributed by atoms with Crippen LogP contribution in [0.25, 0.3) is 0 Å². The molecule has 1 saturated heterocycles. The zero-order valence-corrected chi connectivity index (χ0v) is 16.3. The van der Waals surface area contributed by atoms with Crippen molar-refractivity contribution in [2.75, 3.05) is 51.9 Å². The number of benzene rings is 1. The van der Waals surface area contributed by atoms with Crippen molar-refractivity contribution in [3.63, 3.8) is 0 Å². The fourth-order valence-electron chi connectivity index (χ4n) is 2.99. The van der Waals surface area contributed by atoms with Crippen molar-refractivity contribution in [1.82, 2.24) is 4.90 Å². The summed E-state index contributed by atoms with van der Waals surface area (Å²) in [5.41, 5.74) is -0.0568. The van der Waals surface area contributed by atoms with E-state index in [0.29, 0.717) is 13.0 Å². The van der Waals surface area contributed by atoms with Crippen LogP contribution in [-0.4, -0.2) is 63.0 Å². The molecular formula is C20H32N2O4. The first-order valence-electron chi connectivity index (χ1n) is 9.47. The molecular weight excluding hydrogens is 332 g/mol. The molecule has 1 aliphatic rings. The van der Waals surface area contributed by atoms with Gasteiger partial charge in [0.25, 0.3) is 5.91 Å². The van der Waals surface area contributed by atoms with E-state index in [9.17, 15) is 4.79 Å². The molecule has 0 bridgehead atoms. The Morgan fingerprint density at radius 3 is 2.58 bits per heavy atom. The van der Waals surface area contributed by atoms with E-state index in [1.54, 1.807) is 7.11 Å². The minimum absolute atomic E-state index is 0.124. The lowest BCUT2D eigenvalue weighted by Gasteiger charge is -2.26. The van der Waals surface area contributed by atoms with Gasteiger partial charge in [0, 0.05) is 32.4 Å². The predicted octanol–water partition coefficient (Wildman–Crippen LogP) is 2.93. The minimum Gasteiger partial charge on any atom is -0.494 e. The van der Waals surface area contributed by atoms with Crippen LogP contribution in [0.2, 0.25) is 0 Å². The number of carbonyl (C=O) groups is 1. The molecule has 1 aromatic rings. The standard InChI is InChI=1S/C20H32N2O4/c1-4-10-20(2,24-3)19(23)21-17-6-8-18(9-7-17)26-14-5-11-22-12-15-25-16-13-22/h6-9H,4-5,10-16H2,1-3H3,(H,21,23)/t20-/m0/s1. The van der Waals surface area contributed by atoms with Crippen LogP contribution in [-0.2, 0) is 14.3 Å². The predicted molar refractivity (Wildman–Crippen MR) is 103 cm³/mol. The summed E-state index contributed by atoms with van der Waals surface area (Å²) in [4.78, 5) is 14.8. The molecule has 6 heteroatoms. The Morgan fingerprint density at radius 1 is 1.27 bits per heavy atom. The van der Waals surface area contributed by atoms with E-state index < -0.39 is 5.60 Å². The van der Waals surface area contributed by atoms with Crippen molar-refractivity contribution in [3.05, 3.63) is 24.3 Å². The van der Waals surface area contributed by atoms with Crippen molar-refractivity contribution in [2.45, 2.75) is 38.7 Å². The summed E-state index contributed by atoms with van der Waals surface area (Å²) >= 11 is 0. The maximum Gasteiger partial charge on any atom is 0.256 e. The molecule has 0 saturated carbocycles. The first kappa shape index (κ1) is 20.7. The molecule has 1 fully saturated rings. The lowest BCUT2D eigenvalue weighted by molar-refractivity contribution is -0.136. The van der Waals surface area contributed by atoms with Gasteiger partial charge < -0.3 is 19.5 Å².